The van der Waals surface area contributed by atoms with Crippen LogP contribution in [0.4, 0.5) is 13.2 Å². The third-order valence-electron chi connectivity index (χ3n) is 3.50. The predicted molar refractivity (Wildman–Crippen MR) is 86.2 cm³/mol. The highest BCUT2D eigenvalue weighted by Gasteiger charge is 2.07. The van der Waals surface area contributed by atoms with Gasteiger partial charge in [-0.1, -0.05) is 18.2 Å². The maximum Gasteiger partial charge on any atom is 0.387 e. The number of rotatable bonds is 8. The van der Waals surface area contributed by atoms with Crippen LogP contribution in [0.2, 0.25) is 0 Å². The van der Waals surface area contributed by atoms with E-state index in [1.165, 1.54) is 31.4 Å². The first-order valence-corrected chi connectivity index (χ1v) is 7.61. The molecule has 25 heavy (non-hydrogen) atoms. The second kappa shape index (κ2) is 8.96. The summed E-state index contributed by atoms with van der Waals surface area (Å²) in [5, 5.41) is 2.72. The Bertz CT molecular complexity index is 705. The van der Waals surface area contributed by atoms with Gasteiger partial charge in [0.15, 0.2) is 11.6 Å². The van der Waals surface area contributed by atoms with Crippen LogP contribution in [0.5, 0.6) is 11.5 Å². The van der Waals surface area contributed by atoms with Crippen LogP contribution < -0.4 is 14.8 Å². The van der Waals surface area contributed by atoms with E-state index in [9.17, 15) is 18.0 Å². The number of methoxy groups -OCH3 is 1. The molecule has 0 saturated heterocycles. The van der Waals surface area contributed by atoms with E-state index in [-0.39, 0.29) is 30.4 Å². The summed E-state index contributed by atoms with van der Waals surface area (Å²) in [5.41, 5.74) is 1.45. The van der Waals surface area contributed by atoms with Crippen molar-refractivity contribution in [2.45, 2.75) is 26.0 Å². The summed E-state index contributed by atoms with van der Waals surface area (Å²) >= 11 is 0. The summed E-state index contributed by atoms with van der Waals surface area (Å²) in [5.74, 6) is -0.435. The lowest BCUT2D eigenvalue weighted by Crippen LogP contribution is -2.23. The zero-order chi connectivity index (χ0) is 18.2. The Morgan fingerprint density at radius 1 is 1.12 bits per heavy atom. The summed E-state index contributed by atoms with van der Waals surface area (Å²) in [6.45, 7) is -2.60. The minimum Gasteiger partial charge on any atom is -0.494 e. The molecule has 0 saturated carbocycles. The average Bonchev–Trinajstić information content (AvgIpc) is 2.59. The van der Waals surface area contributed by atoms with Gasteiger partial charge in [0, 0.05) is 13.0 Å². The lowest BCUT2D eigenvalue weighted by molar-refractivity contribution is -0.121. The molecule has 0 aliphatic carbocycles. The number of amides is 1. The Labute approximate surface area is 143 Å². The van der Waals surface area contributed by atoms with Gasteiger partial charge in [-0.3, -0.25) is 4.79 Å². The van der Waals surface area contributed by atoms with Crippen molar-refractivity contribution in [1.29, 1.82) is 0 Å². The molecule has 134 valence electrons. The van der Waals surface area contributed by atoms with Gasteiger partial charge in [-0.15, -0.1) is 0 Å². The number of halogens is 3. The highest BCUT2D eigenvalue weighted by molar-refractivity contribution is 5.76. The number of nitrogens with one attached hydrogen (secondary N) is 1. The lowest BCUT2D eigenvalue weighted by Gasteiger charge is -2.08. The Hall–Kier alpha value is -2.70. The highest BCUT2D eigenvalue weighted by atomic mass is 19.3. The third kappa shape index (κ3) is 6.02. The first-order valence-electron chi connectivity index (χ1n) is 7.61. The van der Waals surface area contributed by atoms with Gasteiger partial charge in [0.1, 0.15) is 5.75 Å². The van der Waals surface area contributed by atoms with Crippen LogP contribution in [0.15, 0.2) is 42.5 Å². The van der Waals surface area contributed by atoms with E-state index in [0.717, 1.165) is 5.56 Å². The van der Waals surface area contributed by atoms with E-state index in [0.29, 0.717) is 12.0 Å². The highest BCUT2D eigenvalue weighted by Crippen LogP contribution is 2.18. The molecule has 1 N–H and O–H groups in total. The van der Waals surface area contributed by atoms with Crippen LogP contribution in [-0.2, 0) is 17.8 Å². The van der Waals surface area contributed by atoms with Crippen LogP contribution in [0.25, 0.3) is 0 Å². The number of benzene rings is 2. The molecule has 0 aromatic heterocycles. The standard InChI is InChI=1S/C18H18F3NO3/c1-24-16-8-4-12(10-15(16)19)5-9-17(23)22-11-13-2-6-14(7-3-13)25-18(20)21/h2-4,6-8,10,18H,5,9,11H2,1H3,(H,22,23). The largest absolute Gasteiger partial charge is 0.494 e. The van der Waals surface area contributed by atoms with Gasteiger partial charge >= 0.3 is 6.61 Å². The molecule has 0 radical (unpaired) electrons. The molecule has 7 heteroatoms. The van der Waals surface area contributed by atoms with Crippen molar-refractivity contribution in [3.05, 3.63) is 59.4 Å². The fourth-order valence-electron chi connectivity index (χ4n) is 2.20. The van der Waals surface area contributed by atoms with Gasteiger partial charge in [0.05, 0.1) is 7.11 Å². The lowest BCUT2D eigenvalue weighted by atomic mass is 10.1. The van der Waals surface area contributed by atoms with E-state index in [2.05, 4.69) is 10.1 Å². The molecule has 1 amide bonds. The minimum atomic E-state index is -2.87. The van der Waals surface area contributed by atoms with Crippen LogP contribution >= 0.6 is 0 Å². The number of hydrogen-bond acceptors (Lipinski definition) is 3. The van der Waals surface area contributed by atoms with Crippen molar-refractivity contribution in [3.63, 3.8) is 0 Å². The van der Waals surface area contributed by atoms with Gasteiger partial charge < -0.3 is 14.8 Å². The van der Waals surface area contributed by atoms with Crippen molar-refractivity contribution in [3.8, 4) is 11.5 Å². The SMILES string of the molecule is COc1ccc(CCC(=O)NCc2ccc(OC(F)F)cc2)cc1F. The zero-order valence-electron chi connectivity index (χ0n) is 13.6. The summed E-state index contributed by atoms with van der Waals surface area (Å²) in [6.07, 6.45) is 0.603. The molecule has 0 unspecified atom stereocenters. The molecule has 0 fully saturated rings. The normalized spacial score (nSPS) is 10.6. The Morgan fingerprint density at radius 3 is 2.40 bits per heavy atom. The maximum absolute atomic E-state index is 13.6. The van der Waals surface area contributed by atoms with Crippen molar-refractivity contribution in [1.82, 2.24) is 5.32 Å². The summed E-state index contributed by atoms with van der Waals surface area (Å²) < 4.78 is 46.8. The van der Waals surface area contributed by atoms with Crippen LogP contribution in [-0.4, -0.2) is 19.6 Å². The first kappa shape index (κ1) is 18.6. The van der Waals surface area contributed by atoms with Gasteiger partial charge in [-0.05, 0) is 41.8 Å². The molecule has 2 aromatic carbocycles. The molecule has 0 heterocycles. The topological polar surface area (TPSA) is 47.6 Å². The Balaban J connectivity index is 1.77. The summed E-state index contributed by atoms with van der Waals surface area (Å²) in [7, 11) is 1.39. The van der Waals surface area contributed by atoms with E-state index in [1.54, 1.807) is 18.2 Å². The molecule has 0 spiro atoms. The monoisotopic (exact) mass is 353 g/mol. The van der Waals surface area contributed by atoms with Crippen LogP contribution in [0.3, 0.4) is 0 Å². The van der Waals surface area contributed by atoms with Gasteiger partial charge in [0.25, 0.3) is 0 Å². The molecular weight excluding hydrogens is 335 g/mol. The van der Waals surface area contributed by atoms with E-state index in [1.807, 2.05) is 0 Å². The second-order valence-corrected chi connectivity index (χ2v) is 5.27. The number of alkyl halides is 2. The number of carbonyl (C=O) groups is 1. The molecular formula is C18H18F3NO3. The van der Waals surface area contributed by atoms with E-state index < -0.39 is 12.4 Å². The quantitative estimate of drug-likeness (QED) is 0.787. The van der Waals surface area contributed by atoms with Crippen LogP contribution in [0, 0.1) is 5.82 Å². The number of ether oxygens (including phenoxy) is 2. The predicted octanol–water partition coefficient (Wildman–Crippen LogP) is 3.68. The van der Waals surface area contributed by atoms with Crippen molar-refractivity contribution in [2.75, 3.05) is 7.11 Å². The fourth-order valence-corrected chi connectivity index (χ4v) is 2.20. The van der Waals surface area contributed by atoms with Crippen molar-refractivity contribution < 1.29 is 27.4 Å². The maximum atomic E-state index is 13.6. The van der Waals surface area contributed by atoms with Gasteiger partial charge in [-0.2, -0.15) is 8.78 Å². The Morgan fingerprint density at radius 2 is 1.80 bits per heavy atom. The Kier molecular flexibility index (Phi) is 6.68. The average molecular weight is 353 g/mol. The number of aryl methyl sites for hydroxylation is 1. The van der Waals surface area contributed by atoms with E-state index in [4.69, 9.17) is 4.74 Å². The minimum absolute atomic E-state index is 0.0617. The molecule has 4 nitrogen and oxygen atoms in total. The van der Waals surface area contributed by atoms with E-state index >= 15 is 0 Å². The zero-order valence-corrected chi connectivity index (χ0v) is 13.6. The third-order valence-corrected chi connectivity index (χ3v) is 3.50. The smallest absolute Gasteiger partial charge is 0.387 e. The molecule has 2 rings (SSSR count). The molecule has 0 bridgehead atoms. The van der Waals surface area contributed by atoms with Crippen LogP contribution in [0.1, 0.15) is 17.5 Å². The molecule has 0 atom stereocenters. The number of carbonyl (C=O) groups excluding carboxylic acids is 1. The summed E-state index contributed by atoms with van der Waals surface area (Å²) in [6, 6.07) is 10.6. The molecule has 2 aromatic rings. The van der Waals surface area contributed by atoms with Crippen molar-refractivity contribution in [2.24, 2.45) is 0 Å². The van der Waals surface area contributed by atoms with Gasteiger partial charge in [-0.25, -0.2) is 4.39 Å². The summed E-state index contributed by atoms with van der Waals surface area (Å²) in [4.78, 5) is 11.9. The van der Waals surface area contributed by atoms with Gasteiger partial charge in [0.2, 0.25) is 5.91 Å². The first-order chi connectivity index (χ1) is 12.0. The molecule has 0 aliphatic rings. The second-order valence-electron chi connectivity index (χ2n) is 5.27. The van der Waals surface area contributed by atoms with Crippen molar-refractivity contribution >= 4 is 5.91 Å². The fraction of sp³-hybridized carbons (Fsp3) is 0.278. The molecule has 0 aliphatic heterocycles. The number of hydrogen-bond donors (Lipinski definition) is 1.